The summed E-state index contributed by atoms with van der Waals surface area (Å²) >= 11 is 5.18. The van der Waals surface area contributed by atoms with Crippen molar-refractivity contribution in [2.24, 2.45) is 17.6 Å². The summed E-state index contributed by atoms with van der Waals surface area (Å²) in [5.74, 6) is 0.712. The van der Waals surface area contributed by atoms with E-state index in [0.717, 1.165) is 36.0 Å². The number of hydrogen-bond donors (Lipinski definition) is 2. The Morgan fingerprint density at radius 1 is 1.42 bits per heavy atom. The van der Waals surface area contributed by atoms with Crippen LogP contribution in [0.15, 0.2) is 15.9 Å². The fraction of sp³-hybridized carbons (Fsp3) is 0.643. The summed E-state index contributed by atoms with van der Waals surface area (Å²) in [5, 5.41) is 3.07. The largest absolute Gasteiger partial charge is 0.355 e. The lowest BCUT2D eigenvalue weighted by atomic mass is 9.79. The Labute approximate surface area is 127 Å². The lowest BCUT2D eigenvalue weighted by Gasteiger charge is -2.29. The van der Waals surface area contributed by atoms with Crippen molar-refractivity contribution in [2.75, 3.05) is 13.1 Å². The molecular formula is C14H21BrN2OS. The highest BCUT2D eigenvalue weighted by Gasteiger charge is 2.29. The number of hydrogen-bond acceptors (Lipinski definition) is 3. The van der Waals surface area contributed by atoms with E-state index in [4.69, 9.17) is 5.73 Å². The van der Waals surface area contributed by atoms with Gasteiger partial charge in [-0.25, -0.2) is 0 Å². The molecular weight excluding hydrogens is 324 g/mol. The molecule has 1 aliphatic carbocycles. The Kier molecular flexibility index (Phi) is 5.85. The predicted molar refractivity (Wildman–Crippen MR) is 83.2 cm³/mol. The van der Waals surface area contributed by atoms with Crippen molar-refractivity contribution in [3.05, 3.63) is 20.8 Å². The summed E-state index contributed by atoms with van der Waals surface area (Å²) in [6.07, 6.45) is 5.38. The third kappa shape index (κ3) is 4.29. The first-order chi connectivity index (χ1) is 9.20. The minimum Gasteiger partial charge on any atom is -0.355 e. The molecule has 0 aromatic carbocycles. The van der Waals surface area contributed by atoms with Crippen LogP contribution in [-0.2, 0) is 11.2 Å². The van der Waals surface area contributed by atoms with Crippen LogP contribution in [0.4, 0.5) is 0 Å². The molecule has 1 aliphatic rings. The molecule has 0 aliphatic heterocycles. The van der Waals surface area contributed by atoms with Gasteiger partial charge in [0.1, 0.15) is 0 Å². The Bertz CT molecular complexity index is 421. The lowest BCUT2D eigenvalue weighted by Crippen LogP contribution is -2.40. The summed E-state index contributed by atoms with van der Waals surface area (Å²) in [4.78, 5) is 13.5. The van der Waals surface area contributed by atoms with Crippen molar-refractivity contribution in [1.29, 1.82) is 0 Å². The summed E-state index contributed by atoms with van der Waals surface area (Å²) in [5.41, 5.74) is 5.77. The molecule has 1 heterocycles. The fourth-order valence-electron chi connectivity index (χ4n) is 2.76. The molecule has 0 spiro atoms. The van der Waals surface area contributed by atoms with Crippen molar-refractivity contribution >= 4 is 33.2 Å². The molecule has 19 heavy (non-hydrogen) atoms. The van der Waals surface area contributed by atoms with Gasteiger partial charge < -0.3 is 11.1 Å². The standard InChI is InChI=1S/C14H21BrN2OS/c15-13-6-5-11(19-13)7-8-17-14(18)12-4-2-1-3-10(12)9-16/h5-6,10,12H,1-4,7-9,16H2,(H,17,18). The number of carbonyl (C=O) groups is 1. The van der Waals surface area contributed by atoms with Gasteiger partial charge in [-0.2, -0.15) is 0 Å². The number of rotatable bonds is 5. The molecule has 1 fully saturated rings. The zero-order valence-electron chi connectivity index (χ0n) is 11.0. The van der Waals surface area contributed by atoms with Crippen LogP contribution in [0.25, 0.3) is 0 Å². The third-order valence-electron chi connectivity index (χ3n) is 3.85. The van der Waals surface area contributed by atoms with Gasteiger partial charge in [-0.05, 0) is 59.8 Å². The molecule has 1 aromatic heterocycles. The van der Waals surface area contributed by atoms with E-state index in [9.17, 15) is 4.79 Å². The van der Waals surface area contributed by atoms with Crippen molar-refractivity contribution < 1.29 is 4.79 Å². The molecule has 1 aromatic rings. The van der Waals surface area contributed by atoms with E-state index in [0.29, 0.717) is 12.5 Å². The maximum atomic E-state index is 12.2. The van der Waals surface area contributed by atoms with E-state index >= 15 is 0 Å². The van der Waals surface area contributed by atoms with Gasteiger partial charge >= 0.3 is 0 Å². The van der Waals surface area contributed by atoms with Gasteiger partial charge in [-0.3, -0.25) is 4.79 Å². The second-order valence-corrected chi connectivity index (χ2v) is 7.68. The highest BCUT2D eigenvalue weighted by molar-refractivity contribution is 9.11. The maximum absolute atomic E-state index is 12.2. The van der Waals surface area contributed by atoms with E-state index in [1.54, 1.807) is 11.3 Å². The summed E-state index contributed by atoms with van der Waals surface area (Å²) < 4.78 is 1.14. The maximum Gasteiger partial charge on any atom is 0.223 e. The molecule has 5 heteroatoms. The Hall–Kier alpha value is -0.390. The first kappa shape index (κ1) is 15.0. The Morgan fingerprint density at radius 3 is 2.89 bits per heavy atom. The van der Waals surface area contributed by atoms with E-state index in [-0.39, 0.29) is 11.8 Å². The SMILES string of the molecule is NCC1CCCCC1C(=O)NCCc1ccc(Br)s1. The second-order valence-electron chi connectivity index (χ2n) is 5.13. The van der Waals surface area contributed by atoms with Crippen molar-refractivity contribution in [3.8, 4) is 0 Å². The van der Waals surface area contributed by atoms with Gasteiger partial charge in [-0.15, -0.1) is 11.3 Å². The van der Waals surface area contributed by atoms with Crippen LogP contribution in [0.5, 0.6) is 0 Å². The molecule has 106 valence electrons. The van der Waals surface area contributed by atoms with Gasteiger partial charge in [0, 0.05) is 17.3 Å². The molecule has 0 bridgehead atoms. The summed E-state index contributed by atoms with van der Waals surface area (Å²) in [7, 11) is 0. The molecule has 1 amide bonds. The fourth-order valence-corrected chi connectivity index (χ4v) is 4.24. The zero-order valence-corrected chi connectivity index (χ0v) is 13.4. The third-order valence-corrected chi connectivity index (χ3v) is 5.53. The smallest absolute Gasteiger partial charge is 0.223 e. The number of nitrogens with one attached hydrogen (secondary N) is 1. The van der Waals surface area contributed by atoms with E-state index in [2.05, 4.69) is 27.3 Å². The van der Waals surface area contributed by atoms with Crippen molar-refractivity contribution in [1.82, 2.24) is 5.32 Å². The number of halogens is 1. The minimum absolute atomic E-state index is 0.133. The molecule has 2 atom stereocenters. The predicted octanol–water partition coefficient (Wildman–Crippen LogP) is 2.93. The average molecular weight is 345 g/mol. The van der Waals surface area contributed by atoms with Crippen LogP contribution in [0.3, 0.4) is 0 Å². The van der Waals surface area contributed by atoms with Gasteiger partial charge in [-0.1, -0.05) is 12.8 Å². The zero-order chi connectivity index (χ0) is 13.7. The highest BCUT2D eigenvalue weighted by atomic mass is 79.9. The van der Waals surface area contributed by atoms with Crippen LogP contribution in [0, 0.1) is 11.8 Å². The number of nitrogens with two attached hydrogens (primary N) is 1. The van der Waals surface area contributed by atoms with E-state index in [1.807, 2.05) is 6.07 Å². The Balaban J connectivity index is 1.77. The van der Waals surface area contributed by atoms with E-state index < -0.39 is 0 Å². The van der Waals surface area contributed by atoms with Gasteiger partial charge in [0.05, 0.1) is 3.79 Å². The van der Waals surface area contributed by atoms with Gasteiger partial charge in [0.25, 0.3) is 0 Å². The Morgan fingerprint density at radius 2 is 2.21 bits per heavy atom. The summed E-state index contributed by atoms with van der Waals surface area (Å²) in [6.45, 7) is 1.36. The minimum atomic E-state index is 0.133. The van der Waals surface area contributed by atoms with Crippen LogP contribution >= 0.6 is 27.3 Å². The molecule has 1 saturated carbocycles. The summed E-state index contributed by atoms with van der Waals surface area (Å²) in [6, 6.07) is 4.15. The second kappa shape index (κ2) is 7.41. The quantitative estimate of drug-likeness (QED) is 0.862. The monoisotopic (exact) mass is 344 g/mol. The average Bonchev–Trinajstić information content (AvgIpc) is 2.84. The van der Waals surface area contributed by atoms with Gasteiger partial charge in [0.15, 0.2) is 0 Å². The molecule has 0 radical (unpaired) electrons. The molecule has 3 nitrogen and oxygen atoms in total. The topological polar surface area (TPSA) is 55.1 Å². The van der Waals surface area contributed by atoms with Crippen LogP contribution < -0.4 is 11.1 Å². The van der Waals surface area contributed by atoms with Crippen molar-refractivity contribution in [2.45, 2.75) is 32.1 Å². The lowest BCUT2D eigenvalue weighted by molar-refractivity contribution is -0.127. The van der Waals surface area contributed by atoms with Crippen LogP contribution in [0.1, 0.15) is 30.6 Å². The number of carbonyl (C=O) groups excluding carboxylic acids is 1. The van der Waals surface area contributed by atoms with Crippen molar-refractivity contribution in [3.63, 3.8) is 0 Å². The first-order valence-electron chi connectivity index (χ1n) is 6.92. The molecule has 2 unspecified atom stereocenters. The van der Waals surface area contributed by atoms with Crippen LogP contribution in [0.2, 0.25) is 0 Å². The molecule has 3 N–H and O–H groups in total. The molecule has 2 rings (SSSR count). The highest BCUT2D eigenvalue weighted by Crippen LogP contribution is 2.29. The molecule has 0 saturated heterocycles. The van der Waals surface area contributed by atoms with Crippen LogP contribution in [-0.4, -0.2) is 19.0 Å². The van der Waals surface area contributed by atoms with E-state index in [1.165, 1.54) is 11.3 Å². The first-order valence-corrected chi connectivity index (χ1v) is 8.53. The normalized spacial score (nSPS) is 23.3. The van der Waals surface area contributed by atoms with Gasteiger partial charge in [0.2, 0.25) is 5.91 Å². The number of thiophene rings is 1. The number of amides is 1.